The van der Waals surface area contributed by atoms with Crippen LogP contribution in [-0.4, -0.2) is 55.4 Å². The van der Waals surface area contributed by atoms with Crippen molar-refractivity contribution in [2.45, 2.75) is 28.7 Å². The molecule has 2 aliphatic rings. The lowest BCUT2D eigenvalue weighted by Gasteiger charge is -2.36. The molecule has 144 valence electrons. The molecule has 27 heavy (non-hydrogen) atoms. The Morgan fingerprint density at radius 2 is 1.85 bits per heavy atom. The van der Waals surface area contributed by atoms with Crippen LogP contribution in [0, 0.1) is 0 Å². The second-order valence-electron chi connectivity index (χ2n) is 7.10. The van der Waals surface area contributed by atoms with E-state index in [4.69, 9.17) is 11.6 Å². The predicted octanol–water partition coefficient (Wildman–Crippen LogP) is 3.99. The van der Waals surface area contributed by atoms with Crippen LogP contribution in [0.25, 0.3) is 0 Å². The molecule has 1 unspecified atom stereocenters. The minimum Gasteiger partial charge on any atom is -0.395 e. The van der Waals surface area contributed by atoms with Gasteiger partial charge in [-0.05, 0) is 43.2 Å². The molecule has 1 saturated heterocycles. The molecule has 2 aromatic rings. The summed E-state index contributed by atoms with van der Waals surface area (Å²) in [6, 6.07) is 15.0. The molecule has 1 fully saturated rings. The lowest BCUT2D eigenvalue weighted by atomic mass is 10.1. The van der Waals surface area contributed by atoms with Crippen molar-refractivity contribution in [2.24, 2.45) is 0 Å². The molecule has 4 nitrogen and oxygen atoms in total. The van der Waals surface area contributed by atoms with Gasteiger partial charge in [0, 0.05) is 53.6 Å². The number of nitrogens with zero attached hydrogens (tertiary/aromatic N) is 2. The SMILES string of the molecule is OCC(CCCN1c2ccccc2Sc2ccc(Cl)cc21)N1CCNCC1. The van der Waals surface area contributed by atoms with Crippen LogP contribution in [0.2, 0.25) is 5.02 Å². The zero-order valence-corrected chi connectivity index (χ0v) is 17.0. The Labute approximate surface area is 170 Å². The summed E-state index contributed by atoms with van der Waals surface area (Å²) in [5.41, 5.74) is 2.44. The summed E-state index contributed by atoms with van der Waals surface area (Å²) in [7, 11) is 0. The highest BCUT2D eigenvalue weighted by Gasteiger charge is 2.24. The molecule has 2 aromatic carbocycles. The number of aliphatic hydroxyl groups is 1. The highest BCUT2D eigenvalue weighted by molar-refractivity contribution is 7.99. The first-order chi connectivity index (χ1) is 13.3. The molecule has 1 atom stereocenters. The summed E-state index contributed by atoms with van der Waals surface area (Å²) in [4.78, 5) is 7.34. The number of para-hydroxylation sites is 1. The molecule has 2 aliphatic heterocycles. The van der Waals surface area contributed by atoms with Crippen LogP contribution in [-0.2, 0) is 0 Å². The number of anilines is 2. The van der Waals surface area contributed by atoms with Crippen molar-refractivity contribution < 1.29 is 5.11 Å². The van der Waals surface area contributed by atoms with Gasteiger partial charge in [-0.1, -0.05) is 35.5 Å². The van der Waals surface area contributed by atoms with Crippen molar-refractivity contribution in [3.63, 3.8) is 0 Å². The maximum absolute atomic E-state index is 9.87. The average Bonchev–Trinajstić information content (AvgIpc) is 2.71. The van der Waals surface area contributed by atoms with Gasteiger partial charge >= 0.3 is 0 Å². The molecule has 0 bridgehead atoms. The quantitative estimate of drug-likeness (QED) is 0.763. The summed E-state index contributed by atoms with van der Waals surface area (Å²) >= 11 is 8.10. The number of aliphatic hydroxyl groups excluding tert-OH is 1. The largest absolute Gasteiger partial charge is 0.395 e. The Balaban J connectivity index is 1.49. The van der Waals surface area contributed by atoms with E-state index in [2.05, 4.69) is 51.5 Å². The van der Waals surface area contributed by atoms with Gasteiger partial charge in [-0.15, -0.1) is 0 Å². The van der Waals surface area contributed by atoms with Crippen molar-refractivity contribution in [1.29, 1.82) is 0 Å². The average molecular weight is 404 g/mol. The predicted molar refractivity (Wildman–Crippen MR) is 114 cm³/mol. The molecular weight excluding hydrogens is 378 g/mol. The monoisotopic (exact) mass is 403 g/mol. The molecule has 0 aromatic heterocycles. The lowest BCUT2D eigenvalue weighted by Crippen LogP contribution is -2.49. The number of benzene rings is 2. The molecule has 4 rings (SSSR count). The number of hydrogen-bond acceptors (Lipinski definition) is 5. The van der Waals surface area contributed by atoms with Gasteiger partial charge in [0.05, 0.1) is 18.0 Å². The summed E-state index contributed by atoms with van der Waals surface area (Å²) < 4.78 is 0. The summed E-state index contributed by atoms with van der Waals surface area (Å²) in [5, 5.41) is 14.0. The molecule has 6 heteroatoms. The van der Waals surface area contributed by atoms with E-state index in [0.29, 0.717) is 0 Å². The van der Waals surface area contributed by atoms with Gasteiger partial charge < -0.3 is 15.3 Å². The van der Waals surface area contributed by atoms with E-state index >= 15 is 0 Å². The molecule has 0 aliphatic carbocycles. The van der Waals surface area contributed by atoms with E-state index in [9.17, 15) is 5.11 Å². The Hall–Kier alpha value is -1.24. The fourth-order valence-corrected chi connectivity index (χ4v) is 5.21. The first-order valence-electron chi connectivity index (χ1n) is 9.66. The zero-order valence-electron chi connectivity index (χ0n) is 15.4. The van der Waals surface area contributed by atoms with Crippen LogP contribution in [0.3, 0.4) is 0 Å². The topological polar surface area (TPSA) is 38.7 Å². The lowest BCUT2D eigenvalue weighted by molar-refractivity contribution is 0.103. The third-order valence-electron chi connectivity index (χ3n) is 5.39. The third kappa shape index (κ3) is 4.28. The van der Waals surface area contributed by atoms with Crippen LogP contribution in [0.15, 0.2) is 52.3 Å². The van der Waals surface area contributed by atoms with E-state index in [-0.39, 0.29) is 12.6 Å². The number of halogens is 1. The van der Waals surface area contributed by atoms with E-state index in [1.54, 1.807) is 11.8 Å². The number of piperazine rings is 1. The molecule has 0 spiro atoms. The maximum Gasteiger partial charge on any atom is 0.0586 e. The summed E-state index contributed by atoms with van der Waals surface area (Å²) in [5.74, 6) is 0. The Kier molecular flexibility index (Phi) is 6.25. The van der Waals surface area contributed by atoms with Gasteiger partial charge in [-0.2, -0.15) is 0 Å². The highest BCUT2D eigenvalue weighted by Crippen LogP contribution is 2.48. The molecule has 2 N–H and O–H groups in total. The Morgan fingerprint density at radius 1 is 1.07 bits per heavy atom. The second kappa shape index (κ2) is 8.84. The van der Waals surface area contributed by atoms with Crippen LogP contribution in [0.4, 0.5) is 11.4 Å². The molecular formula is C21H26ClN3OS. The molecule has 0 amide bonds. The Bertz CT molecular complexity index is 782. The third-order valence-corrected chi connectivity index (χ3v) is 6.75. The van der Waals surface area contributed by atoms with Crippen molar-refractivity contribution in [3.05, 3.63) is 47.5 Å². The van der Waals surface area contributed by atoms with Crippen molar-refractivity contribution in [3.8, 4) is 0 Å². The normalized spacial score (nSPS) is 18.1. The van der Waals surface area contributed by atoms with Gasteiger partial charge in [-0.3, -0.25) is 4.90 Å². The first kappa shape index (κ1) is 19.1. The van der Waals surface area contributed by atoms with Crippen LogP contribution < -0.4 is 10.2 Å². The summed E-state index contributed by atoms with van der Waals surface area (Å²) in [6.45, 7) is 5.22. The van der Waals surface area contributed by atoms with E-state index in [0.717, 1.165) is 50.6 Å². The number of nitrogens with one attached hydrogen (secondary N) is 1. The fourth-order valence-electron chi connectivity index (χ4n) is 3.96. The minimum atomic E-state index is 0.231. The van der Waals surface area contributed by atoms with Crippen LogP contribution in [0.1, 0.15) is 12.8 Å². The van der Waals surface area contributed by atoms with Crippen LogP contribution >= 0.6 is 23.4 Å². The standard InChI is InChI=1S/C21H26ClN3OS/c22-16-7-8-21-19(14-16)25(18-5-1-2-6-20(18)27-21)11-3-4-17(15-26)24-12-9-23-10-13-24/h1-2,5-8,14,17,23,26H,3-4,9-13,15H2. The van der Waals surface area contributed by atoms with Crippen LogP contribution in [0.5, 0.6) is 0 Å². The first-order valence-corrected chi connectivity index (χ1v) is 10.9. The fraction of sp³-hybridized carbons (Fsp3) is 0.429. The smallest absolute Gasteiger partial charge is 0.0586 e. The number of fused-ring (bicyclic) bond motifs is 2. The highest BCUT2D eigenvalue weighted by atomic mass is 35.5. The van der Waals surface area contributed by atoms with Gasteiger partial charge in [0.1, 0.15) is 0 Å². The molecule has 0 saturated carbocycles. The van der Waals surface area contributed by atoms with Gasteiger partial charge in [-0.25, -0.2) is 0 Å². The Morgan fingerprint density at radius 3 is 2.67 bits per heavy atom. The minimum absolute atomic E-state index is 0.231. The van der Waals surface area contributed by atoms with E-state index in [1.165, 1.54) is 21.2 Å². The van der Waals surface area contributed by atoms with Gasteiger partial charge in [0.2, 0.25) is 0 Å². The maximum atomic E-state index is 9.87. The number of rotatable bonds is 6. The molecule has 0 radical (unpaired) electrons. The van der Waals surface area contributed by atoms with E-state index in [1.807, 2.05) is 6.07 Å². The van der Waals surface area contributed by atoms with Crippen molar-refractivity contribution in [1.82, 2.24) is 10.2 Å². The van der Waals surface area contributed by atoms with Gasteiger partial charge in [0.15, 0.2) is 0 Å². The molecule has 2 heterocycles. The zero-order chi connectivity index (χ0) is 18.6. The van der Waals surface area contributed by atoms with E-state index < -0.39 is 0 Å². The summed E-state index contributed by atoms with van der Waals surface area (Å²) in [6.07, 6.45) is 2.03. The number of hydrogen-bond donors (Lipinski definition) is 2. The van der Waals surface area contributed by atoms with Gasteiger partial charge in [0.25, 0.3) is 0 Å². The van der Waals surface area contributed by atoms with Crippen molar-refractivity contribution >= 4 is 34.7 Å². The second-order valence-corrected chi connectivity index (χ2v) is 8.62. The van der Waals surface area contributed by atoms with Crippen molar-refractivity contribution in [2.75, 3.05) is 44.2 Å².